The Balaban J connectivity index is 0.00000353. The predicted molar refractivity (Wildman–Crippen MR) is 136 cm³/mol. The van der Waals surface area contributed by atoms with E-state index in [9.17, 15) is 28.5 Å². The molecule has 6 N–H and O–H groups in total. The standard InChI is InChI=1S/C25H25F3N6O3S.ClH/c1-24(2,37)14-10-16(20(36)19(14)35)32-21-13(22-33-15-5-3-4-6-17(15)38-22)11-30-23(34-21)31-12-7-8-29-18(9-12)25(26,27)28;/h3-9,11,14,16,19-20,35-37H,10H2,1-2H3,(H2,29,30,31,32,34);1H/t14-,16+,19+,20-;/m0./s1. The second-order valence-corrected chi connectivity index (χ2v) is 10.8. The average Bonchev–Trinajstić information content (AvgIpc) is 3.40. The lowest BCUT2D eigenvalue weighted by molar-refractivity contribution is -0.363. The van der Waals surface area contributed by atoms with Crippen LogP contribution in [-0.4, -0.2) is 54.1 Å². The fraction of sp³-hybridized carbons (Fsp3) is 0.360. The molecule has 4 aromatic rings. The molecule has 1 aliphatic carbocycles. The summed E-state index contributed by atoms with van der Waals surface area (Å²) in [6.07, 6.45) is -4.03. The van der Waals surface area contributed by atoms with Crippen LogP contribution in [-0.2, 0) is 6.18 Å². The molecular formula is C25H26ClF3N6O3S. The van der Waals surface area contributed by atoms with E-state index in [4.69, 9.17) is 0 Å². The van der Waals surface area contributed by atoms with E-state index in [0.29, 0.717) is 16.4 Å². The molecule has 1 saturated carbocycles. The van der Waals surface area contributed by atoms with Gasteiger partial charge in [0.15, 0.2) is 0 Å². The molecule has 0 radical (unpaired) electrons. The van der Waals surface area contributed by atoms with Crippen LogP contribution in [0.25, 0.3) is 20.8 Å². The van der Waals surface area contributed by atoms with Crippen LogP contribution in [0.1, 0.15) is 26.0 Å². The Morgan fingerprint density at radius 1 is 1.08 bits per heavy atom. The number of hydrogen-bond donors (Lipinski definition) is 5. The van der Waals surface area contributed by atoms with Crippen LogP contribution in [0.4, 0.5) is 30.6 Å². The molecule has 0 aliphatic heterocycles. The van der Waals surface area contributed by atoms with Crippen molar-refractivity contribution in [3.63, 3.8) is 0 Å². The third-order valence-corrected chi connectivity index (χ3v) is 7.65. The summed E-state index contributed by atoms with van der Waals surface area (Å²) in [6, 6.07) is 9.18. The molecule has 3 aromatic heterocycles. The minimum absolute atomic E-state index is 0. The molecule has 3 heterocycles. The first kappa shape index (κ1) is 28.9. The number of nitrogens with one attached hydrogen (secondary N) is 3. The minimum Gasteiger partial charge on any atom is -1.00 e. The SMILES string of the molecule is CC(C)(O)[C@H]1C[C@@H](Nc2nc(Nc3ccnc(C(F)(F)F)c3)[nH+]cc2-c2nc3ccccc3s2)[C@H](O)[C@@H]1O.[Cl-]. The van der Waals surface area contributed by atoms with Gasteiger partial charge < -0.3 is 33.0 Å². The largest absolute Gasteiger partial charge is 1.00 e. The zero-order valence-corrected chi connectivity index (χ0v) is 22.3. The summed E-state index contributed by atoms with van der Waals surface area (Å²) in [4.78, 5) is 15.5. The van der Waals surface area contributed by atoms with Gasteiger partial charge in [0.05, 0.1) is 34.2 Å². The monoisotopic (exact) mass is 582 g/mol. The van der Waals surface area contributed by atoms with Gasteiger partial charge in [0.1, 0.15) is 28.1 Å². The van der Waals surface area contributed by atoms with E-state index in [1.165, 1.54) is 17.4 Å². The smallest absolute Gasteiger partial charge is 0.433 e. The second kappa shape index (κ2) is 10.8. The van der Waals surface area contributed by atoms with Crippen molar-refractivity contribution >= 4 is 39.0 Å². The lowest BCUT2D eigenvalue weighted by Gasteiger charge is -2.28. The molecule has 9 nitrogen and oxygen atoms in total. The first-order valence-electron chi connectivity index (χ1n) is 11.8. The summed E-state index contributed by atoms with van der Waals surface area (Å²) >= 11 is 1.43. The average molecular weight is 583 g/mol. The van der Waals surface area contributed by atoms with Gasteiger partial charge >= 0.3 is 12.1 Å². The Kier molecular flexibility index (Phi) is 8.01. The van der Waals surface area contributed by atoms with Gasteiger partial charge in [-0.1, -0.05) is 17.1 Å². The van der Waals surface area contributed by atoms with Crippen LogP contribution in [0.5, 0.6) is 0 Å². The number of rotatable bonds is 6. The van der Waals surface area contributed by atoms with Gasteiger partial charge in [0.2, 0.25) is 5.82 Å². The highest BCUT2D eigenvalue weighted by atomic mass is 35.5. The molecule has 0 amide bonds. The van der Waals surface area contributed by atoms with E-state index < -0.39 is 41.6 Å². The van der Waals surface area contributed by atoms with Crippen LogP contribution >= 0.6 is 11.3 Å². The highest BCUT2D eigenvalue weighted by molar-refractivity contribution is 7.21. The number of benzene rings is 1. The Morgan fingerprint density at radius 2 is 1.82 bits per heavy atom. The third-order valence-electron chi connectivity index (χ3n) is 6.58. The molecule has 0 saturated heterocycles. The summed E-state index contributed by atoms with van der Waals surface area (Å²) in [7, 11) is 0. The molecule has 0 spiro atoms. The Hall–Kier alpha value is -3.10. The summed E-state index contributed by atoms with van der Waals surface area (Å²) in [5.74, 6) is -0.168. The number of H-pyrrole nitrogens is 1. The number of para-hydroxylation sites is 1. The number of halogens is 4. The molecule has 1 aromatic carbocycles. The van der Waals surface area contributed by atoms with Crippen molar-refractivity contribution in [2.24, 2.45) is 5.92 Å². The number of aromatic amines is 1. The van der Waals surface area contributed by atoms with Crippen molar-refractivity contribution in [3.8, 4) is 10.6 Å². The number of nitrogens with zero attached hydrogens (tertiary/aromatic N) is 3. The highest BCUT2D eigenvalue weighted by Gasteiger charge is 2.48. The number of anilines is 3. The van der Waals surface area contributed by atoms with Gasteiger partial charge in [-0.15, -0.1) is 11.3 Å². The van der Waals surface area contributed by atoms with Crippen LogP contribution in [0.3, 0.4) is 0 Å². The fourth-order valence-electron chi connectivity index (χ4n) is 4.59. The van der Waals surface area contributed by atoms with Crippen molar-refractivity contribution < 1.29 is 45.9 Å². The molecular weight excluding hydrogens is 557 g/mol. The van der Waals surface area contributed by atoms with Crippen molar-refractivity contribution in [1.82, 2.24) is 15.0 Å². The zero-order chi connectivity index (χ0) is 27.2. The van der Waals surface area contributed by atoms with E-state index in [1.54, 1.807) is 20.0 Å². The molecule has 0 bridgehead atoms. The maximum absolute atomic E-state index is 13.1. The Bertz CT molecular complexity index is 1430. The first-order chi connectivity index (χ1) is 17.9. The maximum Gasteiger partial charge on any atom is 0.433 e. The van der Waals surface area contributed by atoms with Crippen LogP contribution < -0.4 is 28.0 Å². The van der Waals surface area contributed by atoms with E-state index in [0.717, 1.165) is 22.5 Å². The van der Waals surface area contributed by atoms with E-state index in [-0.39, 0.29) is 30.5 Å². The minimum atomic E-state index is -4.60. The first-order valence-corrected chi connectivity index (χ1v) is 12.7. The molecule has 1 fully saturated rings. The van der Waals surface area contributed by atoms with Crippen LogP contribution in [0.2, 0.25) is 0 Å². The van der Waals surface area contributed by atoms with Crippen molar-refractivity contribution in [2.45, 2.75) is 50.3 Å². The summed E-state index contributed by atoms with van der Waals surface area (Å²) in [5.41, 5.74) is -0.804. The number of thiazole rings is 1. The maximum atomic E-state index is 13.1. The summed E-state index contributed by atoms with van der Waals surface area (Å²) in [6.45, 7) is 3.15. The topological polar surface area (TPSA) is 138 Å². The van der Waals surface area contributed by atoms with Gasteiger partial charge in [-0.2, -0.15) is 13.2 Å². The molecule has 4 atom stereocenters. The molecule has 14 heteroatoms. The van der Waals surface area contributed by atoms with Gasteiger partial charge in [-0.3, -0.25) is 4.98 Å². The number of alkyl halides is 3. The third kappa shape index (κ3) is 6.07. The number of aromatic nitrogens is 4. The van der Waals surface area contributed by atoms with Crippen LogP contribution in [0.15, 0.2) is 48.8 Å². The molecule has 0 unspecified atom stereocenters. The molecule has 5 rings (SSSR count). The highest BCUT2D eigenvalue weighted by Crippen LogP contribution is 2.39. The molecule has 208 valence electrons. The quantitative estimate of drug-likeness (QED) is 0.223. The fourth-order valence-corrected chi connectivity index (χ4v) is 5.58. The van der Waals surface area contributed by atoms with Gasteiger partial charge in [-0.05, 0) is 38.5 Å². The Labute approximate surface area is 231 Å². The van der Waals surface area contributed by atoms with E-state index in [2.05, 4.69) is 30.6 Å². The van der Waals surface area contributed by atoms with E-state index >= 15 is 0 Å². The molecule has 1 aliphatic rings. The van der Waals surface area contributed by atoms with Crippen molar-refractivity contribution in [1.29, 1.82) is 0 Å². The number of aliphatic hydroxyl groups excluding tert-OH is 2. The van der Waals surface area contributed by atoms with Crippen molar-refractivity contribution in [2.75, 3.05) is 10.6 Å². The van der Waals surface area contributed by atoms with Gasteiger partial charge in [0, 0.05) is 18.2 Å². The lowest BCUT2D eigenvalue weighted by Crippen LogP contribution is -3.00. The van der Waals surface area contributed by atoms with Crippen molar-refractivity contribution in [3.05, 3.63) is 54.5 Å². The van der Waals surface area contributed by atoms with Gasteiger partial charge in [-0.25, -0.2) is 15.3 Å². The summed E-state index contributed by atoms with van der Waals surface area (Å²) < 4.78 is 40.3. The molecule has 39 heavy (non-hydrogen) atoms. The normalized spacial score (nSPS) is 21.5. The number of pyridine rings is 1. The number of fused-ring (bicyclic) bond motifs is 1. The summed E-state index contributed by atoms with van der Waals surface area (Å²) in [5, 5.41) is 38.4. The second-order valence-electron chi connectivity index (χ2n) is 9.78. The Morgan fingerprint density at radius 3 is 2.49 bits per heavy atom. The number of hydrogen-bond acceptors (Lipinski definition) is 9. The lowest BCUT2D eigenvalue weighted by atomic mass is 9.88. The van der Waals surface area contributed by atoms with Gasteiger partial charge in [0.25, 0.3) is 0 Å². The van der Waals surface area contributed by atoms with E-state index in [1.807, 2.05) is 24.3 Å². The van der Waals surface area contributed by atoms with Crippen LogP contribution in [0, 0.1) is 5.92 Å². The predicted octanol–water partition coefficient (Wildman–Crippen LogP) is 0.627. The zero-order valence-electron chi connectivity index (χ0n) is 20.7. The number of aliphatic hydroxyl groups is 3.